The molecule has 3 N–H and O–H groups in total. The van der Waals surface area contributed by atoms with E-state index in [1.54, 1.807) is 0 Å². The van der Waals surface area contributed by atoms with Crippen LogP contribution in [0.1, 0.15) is 32.6 Å². The van der Waals surface area contributed by atoms with Crippen molar-refractivity contribution in [2.24, 2.45) is 5.41 Å². The lowest BCUT2D eigenvalue weighted by Gasteiger charge is -2.38. The number of aliphatic hydroxyl groups excluding tert-OH is 1. The Balaban J connectivity index is 0.00000220. The molecule has 1 aliphatic carbocycles. The standard InChI is InChI=1S/C16H24N2O2.ClH/c1-16(10-6-5-9-14(16)19)12-18-15(20)11-17-13-7-3-2-4-8-13;/h2-4,7-8,14,17,19H,5-6,9-12H2,1H3,(H,18,20);1H. The van der Waals surface area contributed by atoms with Crippen LogP contribution in [0.5, 0.6) is 0 Å². The number of hydrogen-bond donors (Lipinski definition) is 3. The SMILES string of the molecule is CC1(CNC(=O)CNc2ccccc2)CCCCC1O.Cl. The average Bonchev–Trinajstić information content (AvgIpc) is 2.47. The van der Waals surface area contributed by atoms with Crippen molar-refractivity contribution in [3.63, 3.8) is 0 Å². The molecule has 1 aromatic rings. The highest BCUT2D eigenvalue weighted by Crippen LogP contribution is 2.35. The quantitative estimate of drug-likeness (QED) is 0.783. The molecule has 0 aliphatic heterocycles. The van der Waals surface area contributed by atoms with Gasteiger partial charge in [-0.3, -0.25) is 4.79 Å². The number of aliphatic hydroxyl groups is 1. The zero-order valence-corrected chi connectivity index (χ0v) is 13.3. The summed E-state index contributed by atoms with van der Waals surface area (Å²) in [5.74, 6) is -0.0344. The van der Waals surface area contributed by atoms with Gasteiger partial charge in [0.05, 0.1) is 12.6 Å². The molecule has 1 aliphatic rings. The molecule has 4 nitrogen and oxygen atoms in total. The fourth-order valence-electron chi connectivity index (χ4n) is 2.69. The van der Waals surface area contributed by atoms with Gasteiger partial charge in [0.2, 0.25) is 5.91 Å². The fraction of sp³-hybridized carbons (Fsp3) is 0.562. The molecule has 0 heterocycles. The lowest BCUT2D eigenvalue weighted by molar-refractivity contribution is -0.120. The largest absolute Gasteiger partial charge is 0.392 e. The van der Waals surface area contributed by atoms with Crippen molar-refractivity contribution in [3.8, 4) is 0 Å². The number of amides is 1. The normalized spacial score (nSPS) is 24.8. The van der Waals surface area contributed by atoms with Crippen molar-refractivity contribution >= 4 is 24.0 Å². The lowest BCUT2D eigenvalue weighted by Crippen LogP contribution is -2.46. The average molecular weight is 313 g/mol. The molecule has 2 rings (SSSR count). The number of carbonyl (C=O) groups is 1. The molecule has 5 heteroatoms. The monoisotopic (exact) mass is 312 g/mol. The third kappa shape index (κ3) is 5.21. The first-order valence-electron chi connectivity index (χ1n) is 7.34. The number of anilines is 1. The van der Waals surface area contributed by atoms with Crippen LogP contribution in [0, 0.1) is 5.41 Å². The second-order valence-corrected chi connectivity index (χ2v) is 5.91. The molecule has 21 heavy (non-hydrogen) atoms. The molecule has 0 spiro atoms. The molecule has 1 aromatic carbocycles. The van der Waals surface area contributed by atoms with Crippen LogP contribution in [-0.2, 0) is 4.79 Å². The van der Waals surface area contributed by atoms with Gasteiger partial charge in [-0.2, -0.15) is 0 Å². The van der Waals surface area contributed by atoms with Crippen molar-refractivity contribution in [1.29, 1.82) is 0 Å². The van der Waals surface area contributed by atoms with Crippen LogP contribution in [0.3, 0.4) is 0 Å². The first-order valence-corrected chi connectivity index (χ1v) is 7.34. The molecule has 1 amide bonds. The minimum Gasteiger partial charge on any atom is -0.392 e. The molecule has 0 bridgehead atoms. The van der Waals surface area contributed by atoms with E-state index in [-0.39, 0.29) is 36.4 Å². The summed E-state index contributed by atoms with van der Waals surface area (Å²) in [6.45, 7) is 2.86. The van der Waals surface area contributed by atoms with Gasteiger partial charge < -0.3 is 15.7 Å². The predicted octanol–water partition coefficient (Wildman–Crippen LogP) is 2.58. The smallest absolute Gasteiger partial charge is 0.239 e. The summed E-state index contributed by atoms with van der Waals surface area (Å²) in [6.07, 6.45) is 3.72. The summed E-state index contributed by atoms with van der Waals surface area (Å²) < 4.78 is 0. The van der Waals surface area contributed by atoms with Crippen molar-refractivity contribution in [3.05, 3.63) is 30.3 Å². The van der Waals surface area contributed by atoms with Crippen molar-refractivity contribution in [2.75, 3.05) is 18.4 Å². The molecule has 1 saturated carbocycles. The highest BCUT2D eigenvalue weighted by molar-refractivity contribution is 5.85. The Bertz CT molecular complexity index is 441. The van der Waals surface area contributed by atoms with E-state index in [1.165, 1.54) is 0 Å². The molecule has 1 fully saturated rings. The third-order valence-corrected chi connectivity index (χ3v) is 4.20. The van der Waals surface area contributed by atoms with Crippen molar-refractivity contribution in [1.82, 2.24) is 5.32 Å². The van der Waals surface area contributed by atoms with Gasteiger partial charge in [-0.05, 0) is 25.0 Å². The highest BCUT2D eigenvalue weighted by atomic mass is 35.5. The minimum absolute atomic E-state index is 0. The summed E-state index contributed by atoms with van der Waals surface area (Å²) in [5.41, 5.74) is 0.757. The summed E-state index contributed by atoms with van der Waals surface area (Å²) in [5, 5.41) is 16.1. The minimum atomic E-state index is -0.307. The Hall–Kier alpha value is -1.26. The van der Waals surface area contributed by atoms with E-state index >= 15 is 0 Å². The molecular formula is C16H25ClN2O2. The molecule has 0 aromatic heterocycles. The molecule has 0 radical (unpaired) electrons. The number of halogens is 1. The first kappa shape index (κ1) is 17.8. The van der Waals surface area contributed by atoms with Crippen LogP contribution in [0.15, 0.2) is 30.3 Å². The first-order chi connectivity index (χ1) is 9.60. The summed E-state index contributed by atoms with van der Waals surface area (Å²) in [7, 11) is 0. The Kier molecular flexibility index (Phi) is 6.99. The number of para-hydroxylation sites is 1. The topological polar surface area (TPSA) is 61.4 Å². The molecule has 2 unspecified atom stereocenters. The van der Waals surface area contributed by atoms with Gasteiger partial charge in [0.1, 0.15) is 0 Å². The Morgan fingerprint density at radius 2 is 2.05 bits per heavy atom. The van der Waals surface area contributed by atoms with E-state index in [0.717, 1.165) is 31.4 Å². The van der Waals surface area contributed by atoms with Crippen LogP contribution in [-0.4, -0.2) is 30.2 Å². The van der Waals surface area contributed by atoms with Crippen molar-refractivity contribution < 1.29 is 9.90 Å². The van der Waals surface area contributed by atoms with Crippen molar-refractivity contribution in [2.45, 2.75) is 38.7 Å². The van der Waals surface area contributed by atoms with Gasteiger partial charge in [-0.25, -0.2) is 0 Å². The van der Waals surface area contributed by atoms with E-state index in [0.29, 0.717) is 6.54 Å². The highest BCUT2D eigenvalue weighted by Gasteiger charge is 2.35. The fourth-order valence-corrected chi connectivity index (χ4v) is 2.69. The summed E-state index contributed by atoms with van der Waals surface area (Å²) in [6, 6.07) is 9.66. The zero-order valence-electron chi connectivity index (χ0n) is 12.5. The molecular weight excluding hydrogens is 288 g/mol. The Morgan fingerprint density at radius 1 is 1.33 bits per heavy atom. The van der Waals surface area contributed by atoms with Crippen LogP contribution in [0.4, 0.5) is 5.69 Å². The van der Waals surface area contributed by atoms with Crippen LogP contribution >= 0.6 is 12.4 Å². The Morgan fingerprint density at radius 3 is 2.71 bits per heavy atom. The number of nitrogens with one attached hydrogen (secondary N) is 2. The van der Waals surface area contributed by atoms with Gasteiger partial charge in [0.25, 0.3) is 0 Å². The van der Waals surface area contributed by atoms with Gasteiger partial charge in [-0.1, -0.05) is 38.0 Å². The van der Waals surface area contributed by atoms with E-state index in [1.807, 2.05) is 30.3 Å². The maximum Gasteiger partial charge on any atom is 0.239 e. The lowest BCUT2D eigenvalue weighted by atomic mass is 9.73. The maximum atomic E-state index is 11.9. The van der Waals surface area contributed by atoms with E-state index in [4.69, 9.17) is 0 Å². The van der Waals surface area contributed by atoms with Gasteiger partial charge in [-0.15, -0.1) is 12.4 Å². The number of benzene rings is 1. The predicted molar refractivity (Wildman–Crippen MR) is 87.8 cm³/mol. The third-order valence-electron chi connectivity index (χ3n) is 4.20. The maximum absolute atomic E-state index is 11.9. The van der Waals surface area contributed by atoms with E-state index in [9.17, 15) is 9.90 Å². The Labute approximate surface area is 132 Å². The van der Waals surface area contributed by atoms with E-state index in [2.05, 4.69) is 17.6 Å². The number of rotatable bonds is 5. The van der Waals surface area contributed by atoms with Crippen LogP contribution in [0.2, 0.25) is 0 Å². The zero-order chi connectivity index (χ0) is 14.4. The molecule has 118 valence electrons. The van der Waals surface area contributed by atoms with Gasteiger partial charge in [0, 0.05) is 17.6 Å². The van der Waals surface area contributed by atoms with Gasteiger partial charge in [0.15, 0.2) is 0 Å². The number of hydrogen-bond acceptors (Lipinski definition) is 3. The second kappa shape index (κ2) is 8.25. The second-order valence-electron chi connectivity index (χ2n) is 5.91. The van der Waals surface area contributed by atoms with Crippen LogP contribution in [0.25, 0.3) is 0 Å². The molecule has 2 atom stereocenters. The van der Waals surface area contributed by atoms with Crippen LogP contribution < -0.4 is 10.6 Å². The number of carbonyl (C=O) groups excluding carboxylic acids is 1. The van der Waals surface area contributed by atoms with Gasteiger partial charge >= 0.3 is 0 Å². The summed E-state index contributed by atoms with van der Waals surface area (Å²) >= 11 is 0. The van der Waals surface area contributed by atoms with E-state index < -0.39 is 0 Å². The molecule has 0 saturated heterocycles. The summed E-state index contributed by atoms with van der Waals surface area (Å²) in [4.78, 5) is 11.9.